The Morgan fingerprint density at radius 3 is 1.07 bits per heavy atom. The molecule has 17 nitrogen and oxygen atoms in total. The molecule has 0 spiro atoms. The third-order valence-electron chi connectivity index (χ3n) is 9.07. The van der Waals surface area contributed by atoms with Crippen molar-refractivity contribution in [1.29, 1.82) is 0 Å². The lowest BCUT2D eigenvalue weighted by Gasteiger charge is -2.21. The topological polar surface area (TPSA) is 237 Å². The molecule has 5 atom stereocenters. The predicted molar refractivity (Wildman–Crippen MR) is 225 cm³/mol. The van der Waals surface area contributed by atoms with Crippen molar-refractivity contribution in [3.05, 3.63) is 0 Å². The monoisotopic (exact) mass is 904 g/mol. The summed E-state index contributed by atoms with van der Waals surface area (Å²) in [6.07, 6.45) is 15.9. The molecule has 0 rings (SSSR count). The van der Waals surface area contributed by atoms with Crippen LogP contribution in [0.25, 0.3) is 0 Å². The van der Waals surface area contributed by atoms with Crippen LogP contribution in [0.2, 0.25) is 0 Å². The zero-order valence-corrected chi connectivity index (χ0v) is 38.7. The molecule has 0 aliphatic carbocycles. The van der Waals surface area contributed by atoms with Gasteiger partial charge in [0.2, 0.25) is 0 Å². The van der Waals surface area contributed by atoms with Crippen molar-refractivity contribution < 1.29 is 80.2 Å². The minimum Gasteiger partial charge on any atom is -0.462 e. The lowest BCUT2D eigenvalue weighted by atomic mass is 10.1. The molecule has 60 heavy (non-hydrogen) atoms. The minimum atomic E-state index is -4.90. The van der Waals surface area contributed by atoms with Crippen LogP contribution in [0.15, 0.2) is 0 Å². The quantitative estimate of drug-likeness (QED) is 0.0224. The summed E-state index contributed by atoms with van der Waals surface area (Å²) in [5.41, 5.74) is 0. The van der Waals surface area contributed by atoms with Gasteiger partial charge in [0.25, 0.3) is 0 Å². The van der Waals surface area contributed by atoms with Gasteiger partial charge in [0.15, 0.2) is 12.2 Å². The molecule has 0 bridgehead atoms. The normalized spacial score (nSPS) is 15.0. The highest BCUT2D eigenvalue weighted by atomic mass is 31.2. The fourth-order valence-corrected chi connectivity index (χ4v) is 7.19. The SMILES string of the molecule is CCCCCCCCCCCCCC(=O)OC[C@H](COP(=O)(O)OC[C@@H](O)COP(=O)(O)OC[C@@H](COC(=O)CCCCCC)OC(=O)CCC)OC(=O)CCCCCC. The number of hydrogen-bond acceptors (Lipinski definition) is 15. The second-order valence-corrected chi connectivity index (χ2v) is 17.9. The van der Waals surface area contributed by atoms with Crippen LogP contribution >= 0.6 is 15.6 Å². The van der Waals surface area contributed by atoms with Crippen molar-refractivity contribution in [2.24, 2.45) is 0 Å². The molecule has 0 saturated carbocycles. The van der Waals surface area contributed by atoms with Gasteiger partial charge < -0.3 is 33.8 Å². The Balaban J connectivity index is 4.91. The maximum Gasteiger partial charge on any atom is 0.472 e. The van der Waals surface area contributed by atoms with E-state index in [2.05, 4.69) is 6.92 Å². The summed E-state index contributed by atoms with van der Waals surface area (Å²) in [5, 5.41) is 10.2. The number of rotatable bonds is 42. The first-order valence-corrected chi connectivity index (χ1v) is 25.3. The Morgan fingerprint density at radius 1 is 0.400 bits per heavy atom. The van der Waals surface area contributed by atoms with Gasteiger partial charge in [0.1, 0.15) is 19.3 Å². The molecule has 0 saturated heterocycles. The van der Waals surface area contributed by atoms with Crippen LogP contribution in [0.4, 0.5) is 0 Å². The number of esters is 4. The fraction of sp³-hybridized carbons (Fsp3) is 0.902. The summed E-state index contributed by atoms with van der Waals surface area (Å²) < 4.78 is 65.7. The summed E-state index contributed by atoms with van der Waals surface area (Å²) in [4.78, 5) is 69.5. The number of ether oxygens (including phenoxy) is 4. The van der Waals surface area contributed by atoms with Gasteiger partial charge in [0, 0.05) is 25.7 Å². The van der Waals surface area contributed by atoms with E-state index in [0.29, 0.717) is 25.7 Å². The van der Waals surface area contributed by atoms with Gasteiger partial charge in [0.05, 0.1) is 26.4 Å². The highest BCUT2D eigenvalue weighted by Crippen LogP contribution is 2.45. The Labute approximate surface area is 358 Å². The van der Waals surface area contributed by atoms with Crippen molar-refractivity contribution in [3.8, 4) is 0 Å². The molecule has 19 heteroatoms. The standard InChI is InChI=1S/C41H78O17P2/c1-5-9-12-15-16-17-18-19-20-21-24-27-39(44)52-32-37(58-41(46)28-23-14-11-7-3)34-56-60(49,50)54-30-35(42)29-53-59(47,48)55-33-36(57-40(45)25-8-4)31-51-38(43)26-22-13-10-6-2/h35-37,42H,5-34H2,1-4H3,(H,47,48)(H,49,50)/t35-,36+,37+/m0/s1. The first-order valence-electron chi connectivity index (χ1n) is 22.3. The number of aliphatic hydroxyl groups is 1. The average molecular weight is 905 g/mol. The molecule has 0 aliphatic heterocycles. The van der Waals surface area contributed by atoms with E-state index in [9.17, 15) is 43.2 Å². The maximum absolute atomic E-state index is 12.6. The van der Waals surface area contributed by atoms with Crippen LogP contribution in [-0.4, -0.2) is 96.7 Å². The second kappa shape index (κ2) is 37.6. The van der Waals surface area contributed by atoms with Gasteiger partial charge in [-0.25, -0.2) is 9.13 Å². The molecule has 0 aromatic rings. The number of carbonyl (C=O) groups is 4. The van der Waals surface area contributed by atoms with Gasteiger partial charge in [-0.3, -0.25) is 37.3 Å². The Morgan fingerprint density at radius 2 is 0.700 bits per heavy atom. The molecule has 0 radical (unpaired) electrons. The molecule has 354 valence electrons. The Hall–Kier alpha value is -1.94. The van der Waals surface area contributed by atoms with E-state index in [-0.39, 0.29) is 25.7 Å². The molecular weight excluding hydrogens is 826 g/mol. The van der Waals surface area contributed by atoms with E-state index < -0.39 is 97.5 Å². The van der Waals surface area contributed by atoms with Gasteiger partial charge >= 0.3 is 39.5 Å². The molecule has 0 heterocycles. The fourth-order valence-electron chi connectivity index (χ4n) is 5.61. The first kappa shape index (κ1) is 58.1. The second-order valence-electron chi connectivity index (χ2n) is 15.0. The lowest BCUT2D eigenvalue weighted by Crippen LogP contribution is -2.30. The molecule has 0 amide bonds. The lowest BCUT2D eigenvalue weighted by molar-refractivity contribution is -0.161. The number of phosphoric acid groups is 2. The van der Waals surface area contributed by atoms with Gasteiger partial charge in [-0.2, -0.15) is 0 Å². The van der Waals surface area contributed by atoms with Gasteiger partial charge in [-0.05, 0) is 25.7 Å². The summed E-state index contributed by atoms with van der Waals surface area (Å²) in [6.45, 7) is 4.03. The molecule has 0 aromatic heterocycles. The van der Waals surface area contributed by atoms with Crippen LogP contribution in [0.3, 0.4) is 0 Å². The Bertz CT molecular complexity index is 1220. The third-order valence-corrected chi connectivity index (χ3v) is 11.0. The molecular formula is C41H78O17P2. The zero-order valence-electron chi connectivity index (χ0n) is 36.9. The molecule has 0 fully saturated rings. The summed E-state index contributed by atoms with van der Waals surface area (Å²) >= 11 is 0. The number of carbonyl (C=O) groups excluding carboxylic acids is 4. The van der Waals surface area contributed by atoms with Crippen LogP contribution in [0.5, 0.6) is 0 Å². The van der Waals surface area contributed by atoms with Crippen molar-refractivity contribution >= 4 is 39.5 Å². The number of unbranched alkanes of at least 4 members (excludes halogenated alkanes) is 16. The largest absolute Gasteiger partial charge is 0.472 e. The highest BCUT2D eigenvalue weighted by Gasteiger charge is 2.30. The van der Waals surface area contributed by atoms with E-state index in [1.165, 1.54) is 44.9 Å². The number of phosphoric ester groups is 2. The summed E-state index contributed by atoms with van der Waals surface area (Å²) in [6, 6.07) is 0. The Kier molecular flexibility index (Phi) is 36.4. The van der Waals surface area contributed by atoms with Crippen molar-refractivity contribution in [3.63, 3.8) is 0 Å². The summed E-state index contributed by atoms with van der Waals surface area (Å²) in [7, 11) is -9.78. The minimum absolute atomic E-state index is 0.0528. The van der Waals surface area contributed by atoms with E-state index >= 15 is 0 Å². The molecule has 0 aliphatic rings. The zero-order chi connectivity index (χ0) is 44.9. The maximum atomic E-state index is 12.6. The predicted octanol–water partition coefficient (Wildman–Crippen LogP) is 8.97. The van der Waals surface area contributed by atoms with Crippen LogP contribution < -0.4 is 0 Å². The summed E-state index contributed by atoms with van der Waals surface area (Å²) in [5.74, 6) is -2.26. The molecule has 3 N–H and O–H groups in total. The van der Waals surface area contributed by atoms with Crippen molar-refractivity contribution in [2.75, 3.05) is 39.6 Å². The smallest absolute Gasteiger partial charge is 0.462 e. The van der Waals surface area contributed by atoms with Gasteiger partial charge in [-0.1, -0.05) is 130 Å². The highest BCUT2D eigenvalue weighted by molar-refractivity contribution is 7.47. The van der Waals surface area contributed by atoms with E-state index in [0.717, 1.165) is 57.8 Å². The molecule has 0 aromatic carbocycles. The van der Waals surface area contributed by atoms with Crippen LogP contribution in [0, 0.1) is 0 Å². The number of aliphatic hydroxyl groups excluding tert-OH is 1. The third kappa shape index (κ3) is 36.7. The molecule has 2 unspecified atom stereocenters. The van der Waals surface area contributed by atoms with E-state index in [1.54, 1.807) is 6.92 Å². The van der Waals surface area contributed by atoms with E-state index in [1.807, 2.05) is 13.8 Å². The average Bonchev–Trinajstić information content (AvgIpc) is 3.20. The van der Waals surface area contributed by atoms with Crippen LogP contribution in [0.1, 0.15) is 182 Å². The van der Waals surface area contributed by atoms with Crippen LogP contribution in [-0.2, 0) is 65.4 Å². The van der Waals surface area contributed by atoms with Crippen molar-refractivity contribution in [1.82, 2.24) is 0 Å². The van der Waals surface area contributed by atoms with E-state index in [4.69, 9.17) is 37.0 Å². The van der Waals surface area contributed by atoms with Gasteiger partial charge in [-0.15, -0.1) is 0 Å². The number of hydrogen-bond donors (Lipinski definition) is 3. The first-order chi connectivity index (χ1) is 28.7. The van der Waals surface area contributed by atoms with Crippen molar-refractivity contribution in [2.45, 2.75) is 200 Å².